The maximum atomic E-state index is 13.3. The molecule has 0 unspecified atom stereocenters. The highest BCUT2D eigenvalue weighted by molar-refractivity contribution is 7.91. The molecule has 2 aliphatic rings. The minimum Gasteiger partial charge on any atom is -0.396 e. The van der Waals surface area contributed by atoms with Gasteiger partial charge in [-0.3, -0.25) is 9.69 Å². The monoisotopic (exact) mass is 592 g/mol. The van der Waals surface area contributed by atoms with Crippen LogP contribution in [0.2, 0.25) is 0 Å². The highest BCUT2D eigenvalue weighted by atomic mass is 32.2. The fourth-order valence-electron chi connectivity index (χ4n) is 6.18. The lowest BCUT2D eigenvalue weighted by Gasteiger charge is -2.34. The van der Waals surface area contributed by atoms with Gasteiger partial charge in [0.2, 0.25) is 0 Å². The molecule has 1 aliphatic carbocycles. The van der Waals surface area contributed by atoms with Gasteiger partial charge in [-0.1, -0.05) is 37.3 Å². The number of hydrogen-bond acceptors (Lipinski definition) is 5. The van der Waals surface area contributed by atoms with Crippen molar-refractivity contribution in [3.63, 3.8) is 0 Å². The second-order valence-electron chi connectivity index (χ2n) is 11.4. The molecule has 0 radical (unpaired) electrons. The van der Waals surface area contributed by atoms with E-state index in [1.807, 2.05) is 19.1 Å². The summed E-state index contributed by atoms with van der Waals surface area (Å²) < 4.78 is 63.7. The Morgan fingerprint density at radius 1 is 1.12 bits per heavy atom. The van der Waals surface area contributed by atoms with Crippen molar-refractivity contribution in [3.8, 4) is 0 Å². The number of alkyl halides is 3. The Balaban J connectivity index is 1.46. The van der Waals surface area contributed by atoms with E-state index in [1.54, 1.807) is 25.1 Å². The van der Waals surface area contributed by atoms with Gasteiger partial charge >= 0.3 is 6.18 Å². The lowest BCUT2D eigenvalue weighted by Crippen LogP contribution is -2.34. The van der Waals surface area contributed by atoms with E-state index < -0.39 is 28.0 Å². The zero-order chi connectivity index (χ0) is 29.9. The summed E-state index contributed by atoms with van der Waals surface area (Å²) in [7, 11) is -3.35. The number of nitrogens with one attached hydrogen (secondary N) is 1. The number of sulfone groups is 1. The lowest BCUT2D eigenvalue weighted by molar-refractivity contribution is -0.184. The van der Waals surface area contributed by atoms with E-state index in [4.69, 9.17) is 0 Å². The summed E-state index contributed by atoms with van der Waals surface area (Å²) in [6, 6.07) is 11.3. The van der Waals surface area contributed by atoms with Crippen molar-refractivity contribution in [1.29, 1.82) is 0 Å². The van der Waals surface area contributed by atoms with E-state index in [0.717, 1.165) is 16.7 Å². The van der Waals surface area contributed by atoms with Crippen LogP contribution in [0.4, 0.5) is 13.2 Å². The van der Waals surface area contributed by atoms with Gasteiger partial charge in [-0.15, -0.1) is 0 Å². The third kappa shape index (κ3) is 7.21. The molecule has 2 aromatic carbocycles. The molecule has 0 spiro atoms. The molecule has 4 rings (SSSR count). The molecular formula is C31H39F3N2O4S. The number of carbonyl (C=O) groups excluding carboxylic acids is 1. The molecular weight excluding hydrogens is 553 g/mol. The van der Waals surface area contributed by atoms with Crippen molar-refractivity contribution in [2.45, 2.75) is 75.7 Å². The minimum absolute atomic E-state index is 0.00960. The predicted octanol–water partition coefficient (Wildman–Crippen LogP) is 6.14. The topological polar surface area (TPSA) is 86.7 Å². The normalized spacial score (nSPS) is 22.2. The van der Waals surface area contributed by atoms with E-state index in [9.17, 15) is 31.5 Å². The summed E-state index contributed by atoms with van der Waals surface area (Å²) in [5.41, 5.74) is 4.14. The molecule has 2 aromatic rings. The van der Waals surface area contributed by atoms with Crippen molar-refractivity contribution in [2.24, 2.45) is 11.8 Å². The van der Waals surface area contributed by atoms with Crippen LogP contribution in [0.15, 0.2) is 59.5 Å². The molecule has 1 saturated carbocycles. The van der Waals surface area contributed by atoms with Crippen molar-refractivity contribution in [3.05, 3.63) is 76.9 Å². The molecule has 0 saturated heterocycles. The Hall–Kier alpha value is -2.69. The van der Waals surface area contributed by atoms with Crippen LogP contribution in [0.25, 0.3) is 0 Å². The van der Waals surface area contributed by atoms with Crippen LogP contribution < -0.4 is 5.32 Å². The summed E-state index contributed by atoms with van der Waals surface area (Å²) in [5, 5.41) is 12.6. The Morgan fingerprint density at radius 2 is 1.78 bits per heavy atom. The smallest absolute Gasteiger partial charge is 0.391 e. The first kappa shape index (κ1) is 31.3. The largest absolute Gasteiger partial charge is 0.396 e. The fraction of sp³-hybridized carbons (Fsp3) is 0.516. The van der Waals surface area contributed by atoms with Gasteiger partial charge in [-0.05, 0) is 85.9 Å². The first-order valence-electron chi connectivity index (χ1n) is 14.2. The van der Waals surface area contributed by atoms with Crippen molar-refractivity contribution < 1.29 is 31.5 Å². The summed E-state index contributed by atoms with van der Waals surface area (Å²) in [6.45, 7) is 8.80. The van der Waals surface area contributed by atoms with Gasteiger partial charge in [0.05, 0.1) is 28.6 Å². The fourth-order valence-corrected chi connectivity index (χ4v) is 7.06. The van der Waals surface area contributed by atoms with Gasteiger partial charge < -0.3 is 10.4 Å². The van der Waals surface area contributed by atoms with Crippen LogP contribution in [0, 0.1) is 11.8 Å². The molecule has 1 aliphatic heterocycles. The number of amides is 1. The summed E-state index contributed by atoms with van der Waals surface area (Å²) in [5.74, 6) is -1.34. The number of halogens is 3. The summed E-state index contributed by atoms with van der Waals surface area (Å²) in [6.07, 6.45) is -2.43. The summed E-state index contributed by atoms with van der Waals surface area (Å²) in [4.78, 5) is 15.8. The number of hydrogen-bond donors (Lipinski definition) is 2. The molecule has 1 amide bonds. The number of aliphatic hydroxyl groups excluding tert-OH is 1. The lowest BCUT2D eigenvalue weighted by atomic mass is 9.81. The van der Waals surface area contributed by atoms with Crippen LogP contribution in [0.3, 0.4) is 0 Å². The van der Waals surface area contributed by atoms with Crippen molar-refractivity contribution in [1.82, 2.24) is 10.2 Å². The zero-order valence-electron chi connectivity index (χ0n) is 23.6. The zero-order valence-corrected chi connectivity index (χ0v) is 24.4. The molecule has 2 N–H and O–H groups in total. The van der Waals surface area contributed by atoms with E-state index in [1.165, 1.54) is 12.1 Å². The second kappa shape index (κ2) is 12.7. The number of rotatable bonds is 10. The quantitative estimate of drug-likeness (QED) is 0.324. The Labute approximate surface area is 240 Å². The average molecular weight is 593 g/mol. The number of benzene rings is 2. The van der Waals surface area contributed by atoms with Crippen LogP contribution in [0.5, 0.6) is 0 Å². The first-order valence-corrected chi connectivity index (χ1v) is 15.8. The van der Waals surface area contributed by atoms with Gasteiger partial charge in [-0.2, -0.15) is 13.2 Å². The molecule has 2 atom stereocenters. The number of fused-ring (bicyclic) bond motifs is 1. The maximum Gasteiger partial charge on any atom is 0.391 e. The molecule has 0 bridgehead atoms. The number of aliphatic hydroxyl groups is 1. The van der Waals surface area contributed by atoms with E-state index >= 15 is 0 Å². The molecule has 41 heavy (non-hydrogen) atoms. The van der Waals surface area contributed by atoms with Crippen LogP contribution >= 0.6 is 0 Å². The maximum absolute atomic E-state index is 13.3. The SMILES string of the molecule is C=C(C)[C@@H]1c2ccc(C(=O)N[C@@H](CCO)c3ccc(S(=O)(=O)CC)cc3)cc2CN1C[C@H]1CC[C@H](C(F)(F)F)CC1. The van der Waals surface area contributed by atoms with Crippen molar-refractivity contribution in [2.75, 3.05) is 18.9 Å². The summed E-state index contributed by atoms with van der Waals surface area (Å²) >= 11 is 0. The predicted molar refractivity (Wildman–Crippen MR) is 152 cm³/mol. The van der Waals surface area contributed by atoms with E-state index in [-0.39, 0.29) is 54.4 Å². The van der Waals surface area contributed by atoms with Gasteiger partial charge in [0.25, 0.3) is 5.91 Å². The van der Waals surface area contributed by atoms with Crippen LogP contribution in [0.1, 0.15) is 85.1 Å². The molecule has 1 heterocycles. The first-order chi connectivity index (χ1) is 19.3. The molecule has 1 fully saturated rings. The molecule has 10 heteroatoms. The van der Waals surface area contributed by atoms with Gasteiger partial charge in [0, 0.05) is 25.3 Å². The van der Waals surface area contributed by atoms with Crippen LogP contribution in [-0.2, 0) is 16.4 Å². The molecule has 6 nitrogen and oxygen atoms in total. The van der Waals surface area contributed by atoms with Crippen LogP contribution in [-0.4, -0.2) is 49.4 Å². The third-order valence-electron chi connectivity index (χ3n) is 8.45. The number of carbonyl (C=O) groups is 1. The third-order valence-corrected chi connectivity index (χ3v) is 10.2. The van der Waals surface area contributed by atoms with E-state index in [2.05, 4.69) is 16.8 Å². The Kier molecular flexibility index (Phi) is 9.66. The molecule has 224 valence electrons. The standard InChI is InChI=1S/C31H39F3N2O4S/c1-4-41(39,40)26-12-7-22(8-13-26)28(15-16-37)35-30(38)23-9-14-27-24(17-23)19-36(29(27)20(2)3)18-21-5-10-25(11-6-21)31(32,33)34/h7-9,12-14,17,21,25,28-29,37H,2,4-6,10-11,15-16,18-19H2,1,3H3,(H,35,38)/t21-,25-,28-,29+/m0/s1. The van der Waals surface area contributed by atoms with Gasteiger partial charge in [-0.25, -0.2) is 8.42 Å². The highest BCUT2D eigenvalue weighted by Gasteiger charge is 2.42. The average Bonchev–Trinajstić information content (AvgIpc) is 3.30. The van der Waals surface area contributed by atoms with E-state index in [0.29, 0.717) is 37.1 Å². The Bertz CT molecular complexity index is 1350. The Morgan fingerprint density at radius 3 is 2.34 bits per heavy atom. The van der Waals surface area contributed by atoms with Crippen molar-refractivity contribution >= 4 is 15.7 Å². The number of nitrogens with zero attached hydrogens (tertiary/aromatic N) is 1. The highest BCUT2D eigenvalue weighted by Crippen LogP contribution is 2.43. The molecule has 0 aromatic heterocycles. The van der Waals surface area contributed by atoms with Gasteiger partial charge in [0.1, 0.15) is 0 Å². The van der Waals surface area contributed by atoms with Gasteiger partial charge in [0.15, 0.2) is 9.84 Å². The second-order valence-corrected chi connectivity index (χ2v) is 13.6. The minimum atomic E-state index is -4.12.